The van der Waals surface area contributed by atoms with Gasteiger partial charge in [-0.15, -0.1) is 0 Å². The summed E-state index contributed by atoms with van der Waals surface area (Å²) >= 11 is 0. The molecule has 1 amide bonds. The molecular weight excluding hydrogens is 268 g/mol. The SMILES string of the molecule is Cc1cnc(C(=O)NCC(CO)Cc2ccccn2)cn1. The lowest BCUT2D eigenvalue weighted by Crippen LogP contribution is -2.32. The number of nitrogens with zero attached hydrogens (tertiary/aromatic N) is 3. The Morgan fingerprint density at radius 2 is 2.14 bits per heavy atom. The Kier molecular flexibility index (Phi) is 5.34. The molecule has 0 saturated carbocycles. The number of hydrogen-bond donors (Lipinski definition) is 2. The molecule has 0 fully saturated rings. The second-order valence-corrected chi connectivity index (χ2v) is 4.83. The number of pyridine rings is 1. The van der Waals surface area contributed by atoms with Gasteiger partial charge in [-0.2, -0.15) is 0 Å². The maximum absolute atomic E-state index is 11.9. The fourth-order valence-electron chi connectivity index (χ4n) is 1.85. The number of aryl methyl sites for hydroxylation is 1. The van der Waals surface area contributed by atoms with Gasteiger partial charge in [0.05, 0.1) is 11.9 Å². The first-order valence-electron chi connectivity index (χ1n) is 6.76. The van der Waals surface area contributed by atoms with E-state index in [1.54, 1.807) is 12.4 Å². The fourth-order valence-corrected chi connectivity index (χ4v) is 1.85. The number of amides is 1. The predicted octanol–water partition coefficient (Wildman–Crippen LogP) is 0.761. The molecule has 0 spiro atoms. The lowest BCUT2D eigenvalue weighted by Gasteiger charge is -2.14. The van der Waals surface area contributed by atoms with Crippen molar-refractivity contribution in [3.63, 3.8) is 0 Å². The zero-order valence-corrected chi connectivity index (χ0v) is 11.9. The zero-order valence-electron chi connectivity index (χ0n) is 11.9. The number of aliphatic hydroxyl groups is 1. The minimum atomic E-state index is -0.290. The summed E-state index contributed by atoms with van der Waals surface area (Å²) in [5.74, 6) is -0.371. The molecule has 2 rings (SSSR count). The van der Waals surface area contributed by atoms with Gasteiger partial charge in [-0.05, 0) is 25.5 Å². The summed E-state index contributed by atoms with van der Waals surface area (Å²) < 4.78 is 0. The van der Waals surface area contributed by atoms with Crippen LogP contribution in [0.1, 0.15) is 21.9 Å². The summed E-state index contributed by atoms with van der Waals surface area (Å²) in [6, 6.07) is 5.64. The Balaban J connectivity index is 1.88. The van der Waals surface area contributed by atoms with Gasteiger partial charge in [-0.25, -0.2) is 4.98 Å². The van der Waals surface area contributed by atoms with Crippen LogP contribution >= 0.6 is 0 Å². The molecule has 1 atom stereocenters. The van der Waals surface area contributed by atoms with E-state index in [0.29, 0.717) is 13.0 Å². The van der Waals surface area contributed by atoms with Crippen molar-refractivity contribution < 1.29 is 9.90 Å². The molecule has 0 aliphatic carbocycles. The molecule has 0 aliphatic rings. The van der Waals surface area contributed by atoms with Gasteiger partial charge in [-0.1, -0.05) is 6.07 Å². The Bertz CT molecular complexity index is 572. The highest BCUT2D eigenvalue weighted by molar-refractivity contribution is 5.91. The van der Waals surface area contributed by atoms with Crippen LogP contribution in [0.25, 0.3) is 0 Å². The first-order valence-corrected chi connectivity index (χ1v) is 6.76. The number of aliphatic hydroxyl groups excluding tert-OH is 1. The van der Waals surface area contributed by atoms with E-state index in [0.717, 1.165) is 11.4 Å². The van der Waals surface area contributed by atoms with Crippen LogP contribution < -0.4 is 5.32 Å². The topological polar surface area (TPSA) is 88.0 Å². The fraction of sp³-hybridized carbons (Fsp3) is 0.333. The average molecular weight is 286 g/mol. The lowest BCUT2D eigenvalue weighted by atomic mass is 10.0. The monoisotopic (exact) mass is 286 g/mol. The highest BCUT2D eigenvalue weighted by Gasteiger charge is 2.13. The van der Waals surface area contributed by atoms with Gasteiger partial charge in [0.2, 0.25) is 0 Å². The van der Waals surface area contributed by atoms with E-state index < -0.39 is 0 Å². The number of aromatic nitrogens is 3. The van der Waals surface area contributed by atoms with E-state index in [4.69, 9.17) is 0 Å². The zero-order chi connectivity index (χ0) is 15.1. The summed E-state index contributed by atoms with van der Waals surface area (Å²) in [6.45, 7) is 2.15. The van der Waals surface area contributed by atoms with Gasteiger partial charge in [-0.3, -0.25) is 14.8 Å². The molecule has 0 aliphatic heterocycles. The van der Waals surface area contributed by atoms with Gasteiger partial charge >= 0.3 is 0 Å². The van der Waals surface area contributed by atoms with Crippen LogP contribution in [0.4, 0.5) is 0 Å². The molecule has 2 N–H and O–H groups in total. The maximum Gasteiger partial charge on any atom is 0.271 e. The van der Waals surface area contributed by atoms with Crippen molar-refractivity contribution in [2.75, 3.05) is 13.2 Å². The van der Waals surface area contributed by atoms with Gasteiger partial charge in [0.1, 0.15) is 5.69 Å². The molecule has 2 heterocycles. The summed E-state index contributed by atoms with van der Waals surface area (Å²) in [5.41, 5.74) is 1.92. The van der Waals surface area contributed by atoms with E-state index in [9.17, 15) is 9.90 Å². The Morgan fingerprint density at radius 3 is 2.76 bits per heavy atom. The van der Waals surface area contributed by atoms with Crippen LogP contribution in [0.2, 0.25) is 0 Å². The molecule has 110 valence electrons. The van der Waals surface area contributed by atoms with Crippen molar-refractivity contribution in [3.05, 3.63) is 53.9 Å². The third kappa shape index (κ3) is 4.61. The largest absolute Gasteiger partial charge is 0.396 e. The number of rotatable bonds is 6. The van der Waals surface area contributed by atoms with Crippen molar-refractivity contribution in [1.29, 1.82) is 0 Å². The molecule has 6 nitrogen and oxygen atoms in total. The first-order chi connectivity index (χ1) is 10.2. The van der Waals surface area contributed by atoms with E-state index in [1.807, 2.05) is 25.1 Å². The van der Waals surface area contributed by atoms with E-state index in [2.05, 4.69) is 20.3 Å². The van der Waals surface area contributed by atoms with Crippen LogP contribution in [0.3, 0.4) is 0 Å². The molecule has 2 aromatic rings. The van der Waals surface area contributed by atoms with Crippen LogP contribution in [0, 0.1) is 12.8 Å². The van der Waals surface area contributed by atoms with Crippen molar-refractivity contribution in [1.82, 2.24) is 20.3 Å². The second-order valence-electron chi connectivity index (χ2n) is 4.83. The third-order valence-corrected chi connectivity index (χ3v) is 3.05. The summed E-state index contributed by atoms with van der Waals surface area (Å²) in [4.78, 5) is 24.2. The summed E-state index contributed by atoms with van der Waals surface area (Å²) in [5, 5.41) is 12.2. The average Bonchev–Trinajstić information content (AvgIpc) is 2.52. The molecule has 21 heavy (non-hydrogen) atoms. The molecule has 1 unspecified atom stereocenters. The Labute approximate surface area is 123 Å². The summed E-state index contributed by atoms with van der Waals surface area (Å²) in [7, 11) is 0. The second kappa shape index (κ2) is 7.44. The standard InChI is InChI=1S/C15H18N4O2/c1-11-7-18-14(9-17-11)15(21)19-8-12(10-20)6-13-4-2-3-5-16-13/h2-5,7,9,12,20H,6,8,10H2,1H3,(H,19,21). The molecule has 0 bridgehead atoms. The van der Waals surface area contributed by atoms with Crippen molar-refractivity contribution >= 4 is 5.91 Å². The molecule has 6 heteroatoms. The quantitative estimate of drug-likeness (QED) is 0.818. The van der Waals surface area contributed by atoms with Crippen molar-refractivity contribution in [2.45, 2.75) is 13.3 Å². The van der Waals surface area contributed by atoms with Crippen LogP contribution in [-0.4, -0.2) is 39.1 Å². The predicted molar refractivity (Wildman–Crippen MR) is 77.6 cm³/mol. The minimum absolute atomic E-state index is 0.0174. The van der Waals surface area contributed by atoms with Crippen LogP contribution in [0.5, 0.6) is 0 Å². The normalized spacial score (nSPS) is 11.9. The molecule has 2 aromatic heterocycles. The summed E-state index contributed by atoms with van der Waals surface area (Å²) in [6.07, 6.45) is 5.31. The molecule has 0 radical (unpaired) electrons. The van der Waals surface area contributed by atoms with Gasteiger partial charge in [0, 0.05) is 37.2 Å². The highest BCUT2D eigenvalue weighted by Crippen LogP contribution is 2.05. The lowest BCUT2D eigenvalue weighted by molar-refractivity contribution is 0.0934. The molecule has 0 aromatic carbocycles. The molecular formula is C15H18N4O2. The van der Waals surface area contributed by atoms with Gasteiger partial charge in [0.15, 0.2) is 0 Å². The third-order valence-electron chi connectivity index (χ3n) is 3.05. The van der Waals surface area contributed by atoms with Gasteiger partial charge < -0.3 is 10.4 Å². The number of hydrogen-bond acceptors (Lipinski definition) is 5. The minimum Gasteiger partial charge on any atom is -0.396 e. The van der Waals surface area contributed by atoms with E-state index >= 15 is 0 Å². The van der Waals surface area contributed by atoms with Crippen molar-refractivity contribution in [2.24, 2.45) is 5.92 Å². The van der Waals surface area contributed by atoms with E-state index in [1.165, 1.54) is 6.20 Å². The van der Waals surface area contributed by atoms with Crippen molar-refractivity contribution in [3.8, 4) is 0 Å². The van der Waals surface area contributed by atoms with Gasteiger partial charge in [0.25, 0.3) is 5.91 Å². The number of nitrogens with one attached hydrogen (secondary N) is 1. The van der Waals surface area contributed by atoms with Crippen LogP contribution in [0.15, 0.2) is 36.8 Å². The van der Waals surface area contributed by atoms with Crippen LogP contribution in [-0.2, 0) is 6.42 Å². The highest BCUT2D eigenvalue weighted by atomic mass is 16.3. The number of carbonyl (C=O) groups is 1. The first kappa shape index (κ1) is 15.1. The smallest absolute Gasteiger partial charge is 0.271 e. The number of carbonyl (C=O) groups excluding carboxylic acids is 1. The Morgan fingerprint density at radius 1 is 1.29 bits per heavy atom. The van der Waals surface area contributed by atoms with E-state index in [-0.39, 0.29) is 24.1 Å². The maximum atomic E-state index is 11.9. The molecule has 0 saturated heterocycles. The Hall–Kier alpha value is -2.34.